The fraction of sp³-hybridized carbons (Fsp3) is 1.00. The highest BCUT2D eigenvalue weighted by atomic mass is 33.1. The molecule has 0 aromatic heterocycles. The molecule has 3 nitrogen and oxygen atoms in total. The van der Waals surface area contributed by atoms with E-state index in [0.29, 0.717) is 0 Å². The Balaban J connectivity index is 4.64. The Bertz CT molecular complexity index is 193. The van der Waals surface area contributed by atoms with Crippen LogP contribution in [0.25, 0.3) is 0 Å². The molecule has 0 aromatic carbocycles. The predicted octanol–water partition coefficient (Wildman–Crippen LogP) is 0.450. The normalized spacial score (nSPS) is 13.6. The highest BCUT2D eigenvalue weighted by molar-refractivity contribution is 8.72. The predicted molar refractivity (Wildman–Crippen MR) is 43.6 cm³/mol. The third-order valence-electron chi connectivity index (χ3n) is 1.28. The van der Waals surface area contributed by atoms with Crippen LogP contribution in [0.4, 0.5) is 0 Å². The molecule has 0 amide bonds. The molecular formula is C5H12O3S2. The van der Waals surface area contributed by atoms with Gasteiger partial charge in [-0.2, -0.15) is 0 Å². The smallest absolute Gasteiger partial charge is 0.208 e. The van der Waals surface area contributed by atoms with Crippen LogP contribution in [-0.4, -0.2) is 31.1 Å². The van der Waals surface area contributed by atoms with E-state index in [-0.39, 0.29) is 6.61 Å². The molecule has 0 saturated heterocycles. The van der Waals surface area contributed by atoms with E-state index in [9.17, 15) is 8.42 Å². The Labute approximate surface area is 65.1 Å². The Hall–Kier alpha value is 0.260. The Kier molecular flexibility index (Phi) is 3.19. The second kappa shape index (κ2) is 3.11. The van der Waals surface area contributed by atoms with Gasteiger partial charge in [0, 0.05) is 0 Å². The summed E-state index contributed by atoms with van der Waals surface area (Å²) in [5, 5.41) is 8.67. The zero-order valence-corrected chi connectivity index (χ0v) is 7.92. The monoisotopic (exact) mass is 184 g/mol. The summed E-state index contributed by atoms with van der Waals surface area (Å²) < 4.78 is 21.1. The van der Waals surface area contributed by atoms with Crippen LogP contribution in [0.3, 0.4) is 0 Å². The summed E-state index contributed by atoms with van der Waals surface area (Å²) >= 11 is 0. The van der Waals surface area contributed by atoms with Crippen LogP contribution in [0.5, 0.6) is 0 Å². The van der Waals surface area contributed by atoms with Crippen molar-refractivity contribution in [2.75, 3.05) is 12.9 Å². The molecule has 1 N–H and O–H groups in total. The zero-order chi connectivity index (χ0) is 8.41. The van der Waals surface area contributed by atoms with E-state index in [2.05, 4.69) is 0 Å². The van der Waals surface area contributed by atoms with Crippen LogP contribution in [0, 0.1) is 0 Å². The molecule has 0 aliphatic heterocycles. The van der Waals surface area contributed by atoms with Crippen LogP contribution in [-0.2, 0) is 8.87 Å². The van der Waals surface area contributed by atoms with Crippen molar-refractivity contribution in [2.45, 2.75) is 18.6 Å². The van der Waals surface area contributed by atoms with Gasteiger partial charge in [-0.25, -0.2) is 8.42 Å². The Morgan fingerprint density at radius 2 is 1.90 bits per heavy atom. The van der Waals surface area contributed by atoms with Gasteiger partial charge in [0.05, 0.1) is 11.4 Å². The second-order valence-electron chi connectivity index (χ2n) is 2.54. The van der Waals surface area contributed by atoms with Crippen molar-refractivity contribution < 1.29 is 13.5 Å². The summed E-state index contributed by atoms with van der Waals surface area (Å²) in [6.45, 7) is 2.66. The molecule has 0 aromatic rings. The number of hydrogen-bond donors (Lipinski definition) is 1. The largest absolute Gasteiger partial charge is 0.395 e. The molecule has 0 saturated carbocycles. The molecule has 0 rings (SSSR count). The lowest BCUT2D eigenvalue weighted by Crippen LogP contribution is -2.33. The topological polar surface area (TPSA) is 54.4 Å². The molecule has 5 heteroatoms. The first-order valence-electron chi connectivity index (χ1n) is 2.78. The average Bonchev–Trinajstić information content (AvgIpc) is 1.88. The van der Waals surface area contributed by atoms with Crippen molar-refractivity contribution in [3.63, 3.8) is 0 Å². The SMILES string of the molecule is CSS(=O)(=O)C(C)(C)CO. The fourth-order valence-electron chi connectivity index (χ4n) is 0.305. The number of rotatable bonds is 3. The minimum atomic E-state index is -3.18. The van der Waals surface area contributed by atoms with E-state index in [0.717, 1.165) is 10.8 Å². The van der Waals surface area contributed by atoms with Crippen molar-refractivity contribution >= 4 is 19.7 Å². The summed E-state index contributed by atoms with van der Waals surface area (Å²) in [6, 6.07) is 0. The van der Waals surface area contributed by atoms with Crippen molar-refractivity contribution in [3.8, 4) is 0 Å². The van der Waals surface area contributed by atoms with E-state index in [1.165, 1.54) is 20.1 Å². The molecule has 0 radical (unpaired) electrons. The second-order valence-corrected chi connectivity index (χ2v) is 7.20. The molecule has 0 heterocycles. The number of hydrogen-bond acceptors (Lipinski definition) is 4. The minimum Gasteiger partial charge on any atom is -0.395 e. The summed E-state index contributed by atoms with van der Waals surface area (Å²) in [5.41, 5.74) is 0. The Morgan fingerprint density at radius 1 is 1.50 bits per heavy atom. The molecule has 0 aliphatic rings. The van der Waals surface area contributed by atoms with Gasteiger partial charge in [-0.3, -0.25) is 0 Å². The molecular weight excluding hydrogens is 172 g/mol. The van der Waals surface area contributed by atoms with Gasteiger partial charge in [0.1, 0.15) is 0 Å². The Morgan fingerprint density at radius 3 is 2.00 bits per heavy atom. The van der Waals surface area contributed by atoms with Crippen molar-refractivity contribution in [1.82, 2.24) is 0 Å². The molecule has 0 spiro atoms. The van der Waals surface area contributed by atoms with Crippen LogP contribution in [0.15, 0.2) is 0 Å². The van der Waals surface area contributed by atoms with E-state index in [1.807, 2.05) is 0 Å². The van der Waals surface area contributed by atoms with E-state index in [1.54, 1.807) is 0 Å². The van der Waals surface area contributed by atoms with Crippen LogP contribution in [0.2, 0.25) is 0 Å². The van der Waals surface area contributed by atoms with Gasteiger partial charge in [-0.05, 0) is 30.9 Å². The van der Waals surface area contributed by atoms with Crippen LogP contribution >= 0.6 is 10.8 Å². The van der Waals surface area contributed by atoms with Crippen molar-refractivity contribution in [3.05, 3.63) is 0 Å². The van der Waals surface area contributed by atoms with Gasteiger partial charge < -0.3 is 5.11 Å². The van der Waals surface area contributed by atoms with Gasteiger partial charge >= 0.3 is 0 Å². The third kappa shape index (κ3) is 1.87. The maximum absolute atomic E-state index is 11.1. The van der Waals surface area contributed by atoms with Gasteiger partial charge in [-0.1, -0.05) is 0 Å². The van der Waals surface area contributed by atoms with E-state index in [4.69, 9.17) is 5.11 Å². The first-order chi connectivity index (χ1) is 4.37. The highest BCUT2D eigenvalue weighted by Gasteiger charge is 2.32. The molecule has 0 atom stereocenters. The zero-order valence-electron chi connectivity index (χ0n) is 6.29. The quantitative estimate of drug-likeness (QED) is 0.647. The summed E-state index contributed by atoms with van der Waals surface area (Å²) in [5.74, 6) is 0. The van der Waals surface area contributed by atoms with Crippen LogP contribution < -0.4 is 0 Å². The van der Waals surface area contributed by atoms with Crippen molar-refractivity contribution in [2.24, 2.45) is 0 Å². The first-order valence-corrected chi connectivity index (χ1v) is 6.01. The van der Waals surface area contributed by atoms with Crippen LogP contribution in [0.1, 0.15) is 13.8 Å². The van der Waals surface area contributed by atoms with Gasteiger partial charge in [0.2, 0.25) is 8.87 Å². The fourth-order valence-corrected chi connectivity index (χ4v) is 2.43. The number of aliphatic hydroxyl groups excluding tert-OH is 1. The first kappa shape index (κ1) is 10.3. The third-order valence-corrected chi connectivity index (χ3v) is 5.87. The maximum atomic E-state index is 11.1. The molecule has 0 unspecified atom stereocenters. The lowest BCUT2D eigenvalue weighted by atomic mass is 10.2. The molecule has 0 fully saturated rings. The number of aliphatic hydroxyl groups is 1. The summed E-state index contributed by atoms with van der Waals surface area (Å²) in [6.07, 6.45) is 1.49. The summed E-state index contributed by atoms with van der Waals surface area (Å²) in [7, 11) is -2.41. The lowest BCUT2D eigenvalue weighted by molar-refractivity contribution is 0.259. The lowest BCUT2D eigenvalue weighted by Gasteiger charge is -2.19. The minimum absolute atomic E-state index is 0.337. The molecule has 0 aliphatic carbocycles. The average molecular weight is 184 g/mol. The van der Waals surface area contributed by atoms with Gasteiger partial charge in [0.25, 0.3) is 0 Å². The van der Waals surface area contributed by atoms with E-state index >= 15 is 0 Å². The molecule has 62 valence electrons. The van der Waals surface area contributed by atoms with Crippen molar-refractivity contribution in [1.29, 1.82) is 0 Å². The maximum Gasteiger partial charge on any atom is 0.208 e. The van der Waals surface area contributed by atoms with Gasteiger partial charge in [0.15, 0.2) is 0 Å². The standard InChI is InChI=1S/C5H12O3S2/c1-5(2,4-6)10(7,8)9-3/h6H,4H2,1-3H3. The highest BCUT2D eigenvalue weighted by Crippen LogP contribution is 2.24. The van der Waals surface area contributed by atoms with Gasteiger partial charge in [-0.15, -0.1) is 0 Å². The molecule has 10 heavy (non-hydrogen) atoms. The molecule has 0 bridgehead atoms. The summed E-state index contributed by atoms with van der Waals surface area (Å²) in [4.78, 5) is 0. The van der Waals surface area contributed by atoms with E-state index < -0.39 is 13.6 Å².